The van der Waals surface area contributed by atoms with Gasteiger partial charge in [0.05, 0.1) is 11.9 Å². The van der Waals surface area contributed by atoms with Crippen molar-refractivity contribution in [1.29, 1.82) is 0 Å². The molecular formula is C9H4ClF3N2O2S2. The molecule has 10 heteroatoms. The van der Waals surface area contributed by atoms with Crippen LogP contribution >= 0.6 is 22.9 Å². The minimum atomic E-state index is -4.15. The van der Waals surface area contributed by atoms with Crippen LogP contribution in [0.15, 0.2) is 22.5 Å². The summed E-state index contributed by atoms with van der Waals surface area (Å²) in [7, 11) is -4.15. The Hall–Kier alpha value is -1.32. The molecule has 0 aliphatic rings. The molecule has 1 heterocycles. The molecule has 0 atom stereocenters. The molecule has 0 saturated heterocycles. The molecule has 0 aliphatic carbocycles. The smallest absolute Gasteiger partial charge is 0.273 e. The average Bonchev–Trinajstić information content (AvgIpc) is 2.73. The molecular weight excluding hydrogens is 325 g/mol. The van der Waals surface area contributed by atoms with Gasteiger partial charge in [0.1, 0.15) is 5.82 Å². The monoisotopic (exact) mass is 328 g/mol. The van der Waals surface area contributed by atoms with Crippen LogP contribution in [0.2, 0.25) is 4.47 Å². The lowest BCUT2D eigenvalue weighted by molar-refractivity contribution is 0.496. The number of rotatable bonds is 3. The standard InChI is InChI=1S/C9H4ClF3N2O2S2/c10-9-14-3-8(18-9)19(16,17)15-7-2-5(12)4(11)1-6(7)13/h1-3,15H. The molecule has 102 valence electrons. The van der Waals surface area contributed by atoms with E-state index in [0.29, 0.717) is 17.4 Å². The molecule has 0 unspecified atom stereocenters. The zero-order valence-corrected chi connectivity index (χ0v) is 11.2. The van der Waals surface area contributed by atoms with Crippen LogP contribution in [0.1, 0.15) is 0 Å². The summed E-state index contributed by atoms with van der Waals surface area (Å²) in [6, 6.07) is 0.650. The van der Waals surface area contributed by atoms with Crippen molar-refractivity contribution in [3.63, 3.8) is 0 Å². The molecule has 19 heavy (non-hydrogen) atoms. The fourth-order valence-corrected chi connectivity index (χ4v) is 3.51. The van der Waals surface area contributed by atoms with Gasteiger partial charge < -0.3 is 0 Å². The van der Waals surface area contributed by atoms with E-state index < -0.39 is 33.2 Å². The lowest BCUT2D eigenvalue weighted by Crippen LogP contribution is -2.13. The first-order valence-electron chi connectivity index (χ1n) is 4.58. The Kier molecular flexibility index (Phi) is 3.70. The molecule has 0 fully saturated rings. The third kappa shape index (κ3) is 2.99. The third-order valence-electron chi connectivity index (χ3n) is 1.98. The Labute approximate surface area is 114 Å². The average molecular weight is 329 g/mol. The molecule has 0 amide bonds. The van der Waals surface area contributed by atoms with Gasteiger partial charge in [0.15, 0.2) is 20.3 Å². The number of hydrogen-bond acceptors (Lipinski definition) is 4. The predicted molar refractivity (Wildman–Crippen MR) is 64.2 cm³/mol. The van der Waals surface area contributed by atoms with Crippen LogP contribution in [0.5, 0.6) is 0 Å². The zero-order valence-electron chi connectivity index (χ0n) is 8.82. The van der Waals surface area contributed by atoms with Crippen LogP contribution in [-0.4, -0.2) is 13.4 Å². The lowest BCUT2D eigenvalue weighted by atomic mass is 10.3. The lowest BCUT2D eigenvalue weighted by Gasteiger charge is -2.07. The minimum Gasteiger partial charge on any atom is -0.276 e. The Morgan fingerprint density at radius 2 is 1.79 bits per heavy atom. The SMILES string of the molecule is O=S(=O)(Nc1cc(F)c(F)cc1F)c1cnc(Cl)s1. The van der Waals surface area contributed by atoms with E-state index in [9.17, 15) is 21.6 Å². The first kappa shape index (κ1) is 14.1. The Bertz CT molecular complexity index is 733. The number of benzene rings is 1. The summed E-state index contributed by atoms with van der Waals surface area (Å²) in [5, 5.41) is 0. The molecule has 1 aromatic carbocycles. The van der Waals surface area contributed by atoms with Crippen LogP contribution < -0.4 is 4.72 Å². The summed E-state index contributed by atoms with van der Waals surface area (Å²) in [6.07, 6.45) is 0.965. The second kappa shape index (κ2) is 4.99. The summed E-state index contributed by atoms with van der Waals surface area (Å²) < 4.78 is 64.0. The quantitative estimate of drug-likeness (QED) is 0.881. The molecule has 2 aromatic rings. The topological polar surface area (TPSA) is 59.1 Å². The van der Waals surface area contributed by atoms with Gasteiger partial charge in [-0.3, -0.25) is 4.72 Å². The van der Waals surface area contributed by atoms with Crippen molar-refractivity contribution in [3.05, 3.63) is 40.2 Å². The van der Waals surface area contributed by atoms with Gasteiger partial charge in [-0.1, -0.05) is 22.9 Å². The van der Waals surface area contributed by atoms with E-state index in [1.807, 2.05) is 0 Å². The first-order chi connectivity index (χ1) is 8.79. The molecule has 1 N–H and O–H groups in total. The number of hydrogen-bond donors (Lipinski definition) is 1. The van der Waals surface area contributed by atoms with Crippen LogP contribution in [0, 0.1) is 17.5 Å². The van der Waals surface area contributed by atoms with Gasteiger partial charge in [0.2, 0.25) is 0 Å². The highest BCUT2D eigenvalue weighted by Gasteiger charge is 2.20. The second-order valence-corrected chi connectivity index (χ2v) is 6.81. The molecule has 0 spiro atoms. The molecule has 0 bridgehead atoms. The fourth-order valence-electron chi connectivity index (χ4n) is 1.16. The molecule has 0 radical (unpaired) electrons. The largest absolute Gasteiger partial charge is 0.276 e. The van der Waals surface area contributed by atoms with Gasteiger partial charge in [-0.05, 0) is 0 Å². The molecule has 4 nitrogen and oxygen atoms in total. The van der Waals surface area contributed by atoms with Gasteiger partial charge in [-0.15, -0.1) is 0 Å². The second-order valence-electron chi connectivity index (χ2n) is 3.28. The van der Waals surface area contributed by atoms with Crippen LogP contribution in [-0.2, 0) is 10.0 Å². The summed E-state index contributed by atoms with van der Waals surface area (Å²) in [5.41, 5.74) is -0.705. The molecule has 1 aromatic heterocycles. The van der Waals surface area contributed by atoms with Crippen LogP contribution in [0.3, 0.4) is 0 Å². The van der Waals surface area contributed by atoms with E-state index in [1.165, 1.54) is 0 Å². The van der Waals surface area contributed by atoms with E-state index in [4.69, 9.17) is 11.6 Å². The van der Waals surface area contributed by atoms with Crippen molar-refractivity contribution in [2.75, 3.05) is 4.72 Å². The van der Waals surface area contributed by atoms with Crippen LogP contribution in [0.4, 0.5) is 18.9 Å². The van der Waals surface area contributed by atoms with E-state index >= 15 is 0 Å². The van der Waals surface area contributed by atoms with Crippen molar-refractivity contribution in [3.8, 4) is 0 Å². The summed E-state index contributed by atoms with van der Waals surface area (Å²) in [4.78, 5) is 3.52. The fraction of sp³-hybridized carbons (Fsp3) is 0. The highest BCUT2D eigenvalue weighted by atomic mass is 35.5. The van der Waals surface area contributed by atoms with E-state index in [0.717, 1.165) is 6.20 Å². The van der Waals surface area contributed by atoms with E-state index in [1.54, 1.807) is 4.72 Å². The number of thiazole rings is 1. The zero-order chi connectivity index (χ0) is 14.2. The minimum absolute atomic E-state index is 0.0221. The predicted octanol–water partition coefficient (Wildman–Crippen LogP) is 3.01. The number of aromatic nitrogens is 1. The van der Waals surface area contributed by atoms with Crippen molar-refractivity contribution in [2.24, 2.45) is 0 Å². The number of nitrogens with zero attached hydrogens (tertiary/aromatic N) is 1. The normalized spacial score (nSPS) is 11.6. The van der Waals surface area contributed by atoms with Crippen molar-refractivity contribution in [2.45, 2.75) is 4.21 Å². The molecule has 2 rings (SSSR count). The number of nitrogens with one attached hydrogen (secondary N) is 1. The molecule has 0 aliphatic heterocycles. The van der Waals surface area contributed by atoms with E-state index in [-0.39, 0.29) is 14.7 Å². The van der Waals surface area contributed by atoms with Crippen molar-refractivity contribution < 1.29 is 21.6 Å². The molecule has 0 saturated carbocycles. The maximum atomic E-state index is 13.3. The van der Waals surface area contributed by atoms with Gasteiger partial charge >= 0.3 is 0 Å². The number of sulfonamides is 1. The number of anilines is 1. The van der Waals surface area contributed by atoms with Gasteiger partial charge in [-0.2, -0.15) is 0 Å². The van der Waals surface area contributed by atoms with E-state index in [2.05, 4.69) is 4.98 Å². The van der Waals surface area contributed by atoms with Crippen LogP contribution in [0.25, 0.3) is 0 Å². The number of halogens is 4. The van der Waals surface area contributed by atoms with Crippen molar-refractivity contribution >= 4 is 38.6 Å². The Morgan fingerprint density at radius 3 is 2.37 bits per heavy atom. The van der Waals surface area contributed by atoms with Gasteiger partial charge in [0, 0.05) is 12.1 Å². The van der Waals surface area contributed by atoms with Crippen molar-refractivity contribution in [1.82, 2.24) is 4.98 Å². The maximum Gasteiger partial charge on any atom is 0.273 e. The highest BCUT2D eigenvalue weighted by molar-refractivity contribution is 7.94. The summed E-state index contributed by atoms with van der Waals surface area (Å²) >= 11 is 6.12. The highest BCUT2D eigenvalue weighted by Crippen LogP contribution is 2.26. The first-order valence-corrected chi connectivity index (χ1v) is 7.26. The van der Waals surface area contributed by atoms with Gasteiger partial charge in [-0.25, -0.2) is 26.6 Å². The Morgan fingerprint density at radius 1 is 1.16 bits per heavy atom. The van der Waals surface area contributed by atoms with Gasteiger partial charge in [0.25, 0.3) is 10.0 Å². The Balaban J connectivity index is 2.38. The summed E-state index contributed by atoms with van der Waals surface area (Å²) in [6.45, 7) is 0. The third-order valence-corrected chi connectivity index (χ3v) is 4.92. The summed E-state index contributed by atoms with van der Waals surface area (Å²) in [5.74, 6) is -4.03. The maximum absolute atomic E-state index is 13.3.